The molecule has 0 aliphatic heterocycles. The van der Waals surface area contributed by atoms with Crippen LogP contribution in [0.5, 0.6) is 0 Å². The van der Waals surface area contributed by atoms with E-state index in [4.69, 9.17) is 10.5 Å². The van der Waals surface area contributed by atoms with E-state index in [-0.39, 0.29) is 43.2 Å². The van der Waals surface area contributed by atoms with Crippen LogP contribution in [0, 0.1) is 36.5 Å². The monoisotopic (exact) mass is 445 g/mol. The zero-order valence-corrected chi connectivity index (χ0v) is 18.9. The van der Waals surface area contributed by atoms with Crippen molar-refractivity contribution >= 4 is 28.6 Å². The molecule has 8 heteroatoms. The van der Waals surface area contributed by atoms with Crippen molar-refractivity contribution in [2.24, 2.45) is 0 Å². The maximum absolute atomic E-state index is 13.4. The fourth-order valence-electron chi connectivity index (χ4n) is 3.47. The lowest BCUT2D eigenvalue weighted by molar-refractivity contribution is -0.128. The molecule has 0 saturated heterocycles. The number of nitriles is 2. The Morgan fingerprint density at radius 3 is 2.31 bits per heavy atom. The molecular formula is C24H23N5O2S. The van der Waals surface area contributed by atoms with Gasteiger partial charge in [-0.05, 0) is 49.2 Å². The summed E-state index contributed by atoms with van der Waals surface area (Å²) in [4.78, 5) is 32.4. The summed E-state index contributed by atoms with van der Waals surface area (Å²) in [6.07, 6.45) is 0.396. The highest BCUT2D eigenvalue weighted by molar-refractivity contribution is 7.99. The normalized spacial score (nSPS) is 10.5. The Morgan fingerprint density at radius 2 is 1.69 bits per heavy atom. The molecule has 32 heavy (non-hydrogen) atoms. The molecule has 7 nitrogen and oxygen atoms in total. The molecule has 0 unspecified atom stereocenters. The van der Waals surface area contributed by atoms with E-state index in [0.717, 1.165) is 11.1 Å². The molecule has 0 bridgehead atoms. The molecule has 0 radical (unpaired) electrons. The molecule has 3 aromatic rings. The second kappa shape index (κ2) is 10.6. The first-order valence-electron chi connectivity index (χ1n) is 10.2. The number of benzene rings is 2. The molecule has 0 saturated carbocycles. The smallest absolute Gasteiger partial charge is 0.266 e. The second-order valence-electron chi connectivity index (χ2n) is 7.38. The Labute approximate surface area is 190 Å². The van der Waals surface area contributed by atoms with Crippen molar-refractivity contribution in [3.63, 3.8) is 0 Å². The van der Waals surface area contributed by atoms with Crippen molar-refractivity contribution in [3.05, 3.63) is 63.9 Å². The average molecular weight is 446 g/mol. The van der Waals surface area contributed by atoms with Gasteiger partial charge in [-0.1, -0.05) is 30.0 Å². The van der Waals surface area contributed by atoms with Crippen molar-refractivity contribution in [2.45, 2.75) is 31.8 Å². The Balaban J connectivity index is 2.00. The molecule has 2 aromatic carbocycles. The van der Waals surface area contributed by atoms with Gasteiger partial charge in [-0.2, -0.15) is 10.5 Å². The van der Waals surface area contributed by atoms with Gasteiger partial charge in [0, 0.05) is 13.1 Å². The minimum Gasteiger partial charge on any atom is -0.340 e. The van der Waals surface area contributed by atoms with Gasteiger partial charge in [-0.15, -0.1) is 0 Å². The molecule has 1 amide bonds. The number of aryl methyl sites for hydroxylation is 2. The Morgan fingerprint density at radius 1 is 1.06 bits per heavy atom. The summed E-state index contributed by atoms with van der Waals surface area (Å²) >= 11 is 1.18. The quantitative estimate of drug-likeness (QED) is 0.386. The lowest BCUT2D eigenvalue weighted by atomic mass is 10.1. The van der Waals surface area contributed by atoms with E-state index in [1.807, 2.05) is 50.3 Å². The predicted octanol–water partition coefficient (Wildman–Crippen LogP) is 3.75. The number of aromatic nitrogens is 2. The van der Waals surface area contributed by atoms with Gasteiger partial charge in [-0.3, -0.25) is 14.2 Å². The van der Waals surface area contributed by atoms with Gasteiger partial charge in [-0.25, -0.2) is 4.98 Å². The molecule has 0 aliphatic rings. The molecule has 1 heterocycles. The lowest BCUT2D eigenvalue weighted by Gasteiger charge is -2.20. The summed E-state index contributed by atoms with van der Waals surface area (Å²) in [5, 5.41) is 18.7. The van der Waals surface area contributed by atoms with E-state index >= 15 is 0 Å². The number of amides is 1. The standard InChI is InChI=1S/C24H23N5O2S/c1-17-13-18(2)15-19(14-17)29-23(31)20-7-3-4-8-21(20)27-24(29)32-16-22(30)28(11-5-9-25)12-6-10-26/h3-4,7-8,13-15H,5-6,11-12,16H2,1-2H3. The van der Waals surface area contributed by atoms with Crippen LogP contribution in [0.2, 0.25) is 0 Å². The van der Waals surface area contributed by atoms with Gasteiger partial charge < -0.3 is 4.90 Å². The molecule has 0 spiro atoms. The van der Waals surface area contributed by atoms with Gasteiger partial charge in [0.15, 0.2) is 5.16 Å². The fraction of sp³-hybridized carbons (Fsp3) is 0.292. The molecule has 0 atom stereocenters. The fourth-order valence-corrected chi connectivity index (χ4v) is 4.38. The van der Waals surface area contributed by atoms with Crippen LogP contribution < -0.4 is 5.56 Å². The van der Waals surface area contributed by atoms with E-state index in [0.29, 0.717) is 21.7 Å². The highest BCUT2D eigenvalue weighted by atomic mass is 32.2. The molecule has 0 N–H and O–H groups in total. The minimum atomic E-state index is -0.199. The van der Waals surface area contributed by atoms with Gasteiger partial charge in [0.25, 0.3) is 5.56 Å². The summed E-state index contributed by atoms with van der Waals surface area (Å²) in [5.41, 5.74) is 3.12. The van der Waals surface area contributed by atoms with Crippen LogP contribution in [-0.2, 0) is 4.79 Å². The molecule has 0 fully saturated rings. The summed E-state index contributed by atoms with van der Waals surface area (Å²) in [6, 6.07) is 17.1. The van der Waals surface area contributed by atoms with Crippen molar-refractivity contribution in [2.75, 3.05) is 18.8 Å². The Bertz CT molecular complexity index is 1250. The van der Waals surface area contributed by atoms with Gasteiger partial charge in [0.1, 0.15) is 0 Å². The number of fused-ring (bicyclic) bond motifs is 1. The van der Waals surface area contributed by atoms with Crippen molar-refractivity contribution in [1.29, 1.82) is 10.5 Å². The van der Waals surface area contributed by atoms with Gasteiger partial charge in [0.05, 0.1) is 47.3 Å². The number of carbonyl (C=O) groups excluding carboxylic acids is 1. The first-order chi connectivity index (χ1) is 15.4. The van der Waals surface area contributed by atoms with Crippen molar-refractivity contribution < 1.29 is 4.79 Å². The third-order valence-electron chi connectivity index (χ3n) is 4.87. The zero-order chi connectivity index (χ0) is 23.1. The third-order valence-corrected chi connectivity index (χ3v) is 5.80. The molecule has 1 aromatic heterocycles. The Hall–Kier alpha value is -3.62. The van der Waals surface area contributed by atoms with E-state index in [1.54, 1.807) is 22.8 Å². The van der Waals surface area contributed by atoms with Gasteiger partial charge >= 0.3 is 0 Å². The van der Waals surface area contributed by atoms with Crippen molar-refractivity contribution in [1.82, 2.24) is 14.5 Å². The van der Waals surface area contributed by atoms with Gasteiger partial charge in [0.2, 0.25) is 5.91 Å². The van der Waals surface area contributed by atoms with E-state index in [2.05, 4.69) is 4.98 Å². The van der Waals surface area contributed by atoms with Crippen LogP contribution in [0.25, 0.3) is 16.6 Å². The molecular weight excluding hydrogens is 422 g/mol. The number of para-hydroxylation sites is 1. The number of nitrogens with zero attached hydrogens (tertiary/aromatic N) is 5. The van der Waals surface area contributed by atoms with Crippen LogP contribution >= 0.6 is 11.8 Å². The highest BCUT2D eigenvalue weighted by Gasteiger charge is 2.18. The molecule has 0 aliphatic carbocycles. The van der Waals surface area contributed by atoms with Crippen LogP contribution in [-0.4, -0.2) is 39.2 Å². The van der Waals surface area contributed by atoms with Crippen LogP contribution in [0.4, 0.5) is 0 Å². The van der Waals surface area contributed by atoms with E-state index in [1.165, 1.54) is 16.7 Å². The van der Waals surface area contributed by atoms with Crippen LogP contribution in [0.15, 0.2) is 52.4 Å². The van der Waals surface area contributed by atoms with E-state index < -0.39 is 0 Å². The lowest BCUT2D eigenvalue weighted by Crippen LogP contribution is -2.34. The van der Waals surface area contributed by atoms with E-state index in [9.17, 15) is 9.59 Å². The SMILES string of the molecule is Cc1cc(C)cc(-n2c(SCC(=O)N(CCC#N)CCC#N)nc3ccccc3c2=O)c1. The summed E-state index contributed by atoms with van der Waals surface area (Å²) in [6.45, 7) is 4.47. The zero-order valence-electron chi connectivity index (χ0n) is 18.0. The number of hydrogen-bond acceptors (Lipinski definition) is 6. The van der Waals surface area contributed by atoms with Crippen LogP contribution in [0.1, 0.15) is 24.0 Å². The molecule has 162 valence electrons. The number of hydrogen-bond donors (Lipinski definition) is 0. The second-order valence-corrected chi connectivity index (χ2v) is 8.33. The minimum absolute atomic E-state index is 0.0481. The van der Waals surface area contributed by atoms with Crippen LogP contribution in [0.3, 0.4) is 0 Å². The topological polar surface area (TPSA) is 103 Å². The Kier molecular flexibility index (Phi) is 7.64. The predicted molar refractivity (Wildman–Crippen MR) is 125 cm³/mol. The number of rotatable bonds is 8. The maximum atomic E-state index is 13.4. The summed E-state index contributed by atoms with van der Waals surface area (Å²) in [5.74, 6) is -0.151. The summed E-state index contributed by atoms with van der Waals surface area (Å²) < 4.78 is 1.55. The third kappa shape index (κ3) is 5.35. The molecule has 3 rings (SSSR count). The number of thioether (sulfide) groups is 1. The first-order valence-corrected chi connectivity index (χ1v) is 11.2. The highest BCUT2D eigenvalue weighted by Crippen LogP contribution is 2.23. The summed E-state index contributed by atoms with van der Waals surface area (Å²) in [7, 11) is 0. The first kappa shape index (κ1) is 23.1. The largest absolute Gasteiger partial charge is 0.340 e. The van der Waals surface area contributed by atoms with Crippen molar-refractivity contribution in [3.8, 4) is 17.8 Å². The average Bonchev–Trinajstić information content (AvgIpc) is 2.77. The maximum Gasteiger partial charge on any atom is 0.266 e. The number of carbonyl (C=O) groups is 1.